The lowest BCUT2D eigenvalue weighted by molar-refractivity contribution is -0.121. The molecule has 116 valence electrons. The minimum Gasteiger partial charge on any atom is -0.350 e. The fraction of sp³-hybridized carbons (Fsp3) is 0.316. The van der Waals surface area contributed by atoms with E-state index >= 15 is 0 Å². The van der Waals surface area contributed by atoms with E-state index in [1.165, 1.54) is 23.3 Å². The molecular formula is C19H22FNO. The second-order valence-corrected chi connectivity index (χ2v) is 5.76. The number of hydrogen-bond donors (Lipinski definition) is 1. The van der Waals surface area contributed by atoms with Crippen molar-refractivity contribution in [2.75, 3.05) is 0 Å². The van der Waals surface area contributed by atoms with Crippen LogP contribution in [0.15, 0.2) is 42.5 Å². The summed E-state index contributed by atoms with van der Waals surface area (Å²) in [6.45, 7) is 6.13. The van der Waals surface area contributed by atoms with E-state index in [9.17, 15) is 9.18 Å². The molecule has 0 aliphatic rings. The first kappa shape index (κ1) is 16.2. The van der Waals surface area contributed by atoms with Gasteiger partial charge in [-0.15, -0.1) is 0 Å². The van der Waals surface area contributed by atoms with Crippen molar-refractivity contribution in [3.63, 3.8) is 0 Å². The molecule has 3 heteroatoms. The van der Waals surface area contributed by atoms with Crippen LogP contribution in [0.5, 0.6) is 0 Å². The van der Waals surface area contributed by atoms with Gasteiger partial charge in [-0.3, -0.25) is 4.79 Å². The van der Waals surface area contributed by atoms with Crippen LogP contribution in [0, 0.1) is 19.7 Å². The Morgan fingerprint density at radius 3 is 2.41 bits per heavy atom. The molecule has 0 saturated heterocycles. The Morgan fingerprint density at radius 1 is 1.09 bits per heavy atom. The minimum absolute atomic E-state index is 0.00931. The van der Waals surface area contributed by atoms with Crippen LogP contribution in [0.2, 0.25) is 0 Å². The molecule has 0 heterocycles. The Bertz CT molecular complexity index is 649. The molecule has 2 aromatic rings. The second kappa shape index (κ2) is 7.21. The van der Waals surface area contributed by atoms with Crippen LogP contribution < -0.4 is 5.32 Å². The summed E-state index contributed by atoms with van der Waals surface area (Å²) >= 11 is 0. The summed E-state index contributed by atoms with van der Waals surface area (Å²) < 4.78 is 12.8. The van der Waals surface area contributed by atoms with Crippen molar-refractivity contribution >= 4 is 5.91 Å². The third-order valence-corrected chi connectivity index (χ3v) is 3.96. The molecule has 2 nitrogen and oxygen atoms in total. The van der Waals surface area contributed by atoms with Crippen molar-refractivity contribution < 1.29 is 9.18 Å². The van der Waals surface area contributed by atoms with Gasteiger partial charge in [0, 0.05) is 6.42 Å². The van der Waals surface area contributed by atoms with Crippen molar-refractivity contribution in [3.05, 3.63) is 70.5 Å². The lowest BCUT2D eigenvalue weighted by Gasteiger charge is -2.15. The highest BCUT2D eigenvalue weighted by Gasteiger charge is 2.10. The van der Waals surface area contributed by atoms with E-state index in [2.05, 4.69) is 31.3 Å². The summed E-state index contributed by atoms with van der Waals surface area (Å²) in [5.41, 5.74) is 4.55. The van der Waals surface area contributed by atoms with Gasteiger partial charge >= 0.3 is 0 Å². The number of halogens is 1. The minimum atomic E-state index is -0.253. The zero-order valence-corrected chi connectivity index (χ0v) is 13.3. The third kappa shape index (κ3) is 4.42. The summed E-state index contributed by atoms with van der Waals surface area (Å²) in [5, 5.41) is 3.01. The van der Waals surface area contributed by atoms with Crippen molar-refractivity contribution in [2.24, 2.45) is 0 Å². The van der Waals surface area contributed by atoms with Gasteiger partial charge in [-0.2, -0.15) is 0 Å². The topological polar surface area (TPSA) is 29.1 Å². The van der Waals surface area contributed by atoms with Crippen LogP contribution in [0.25, 0.3) is 0 Å². The Hall–Kier alpha value is -2.16. The number of hydrogen-bond acceptors (Lipinski definition) is 1. The standard InChI is InChI=1S/C19H22FNO/c1-13-4-8-17(12-14(13)2)15(3)21-19(22)11-7-16-5-9-18(20)10-6-16/h4-6,8-10,12,15H,7,11H2,1-3H3,(H,21,22). The van der Waals surface area contributed by atoms with Gasteiger partial charge < -0.3 is 5.32 Å². The van der Waals surface area contributed by atoms with Gasteiger partial charge in [-0.1, -0.05) is 30.3 Å². The van der Waals surface area contributed by atoms with Gasteiger partial charge in [0.1, 0.15) is 5.82 Å². The fourth-order valence-electron chi connectivity index (χ4n) is 2.34. The Morgan fingerprint density at radius 2 is 1.77 bits per heavy atom. The van der Waals surface area contributed by atoms with E-state index < -0.39 is 0 Å². The van der Waals surface area contributed by atoms with Gasteiger partial charge in [0.25, 0.3) is 0 Å². The molecule has 0 saturated carbocycles. The van der Waals surface area contributed by atoms with E-state index in [1.54, 1.807) is 12.1 Å². The van der Waals surface area contributed by atoms with Crippen LogP contribution in [0.4, 0.5) is 4.39 Å². The molecule has 1 unspecified atom stereocenters. The van der Waals surface area contributed by atoms with E-state index in [1.807, 2.05) is 13.0 Å². The van der Waals surface area contributed by atoms with Gasteiger partial charge in [-0.05, 0) is 61.6 Å². The Labute approximate surface area is 131 Å². The van der Waals surface area contributed by atoms with E-state index in [0.717, 1.165) is 11.1 Å². The maximum Gasteiger partial charge on any atom is 0.220 e. The fourth-order valence-corrected chi connectivity index (χ4v) is 2.34. The molecule has 2 aromatic carbocycles. The van der Waals surface area contributed by atoms with E-state index in [-0.39, 0.29) is 17.8 Å². The number of benzene rings is 2. The van der Waals surface area contributed by atoms with Gasteiger partial charge in [-0.25, -0.2) is 4.39 Å². The normalized spacial score (nSPS) is 12.0. The molecule has 0 fully saturated rings. The van der Waals surface area contributed by atoms with Crippen molar-refractivity contribution in [1.29, 1.82) is 0 Å². The van der Waals surface area contributed by atoms with Gasteiger partial charge in [0.15, 0.2) is 0 Å². The zero-order chi connectivity index (χ0) is 16.1. The van der Waals surface area contributed by atoms with Crippen LogP contribution >= 0.6 is 0 Å². The molecule has 1 N–H and O–H groups in total. The zero-order valence-electron chi connectivity index (χ0n) is 13.3. The second-order valence-electron chi connectivity index (χ2n) is 5.76. The van der Waals surface area contributed by atoms with Crippen LogP contribution in [0.1, 0.15) is 41.6 Å². The highest BCUT2D eigenvalue weighted by Crippen LogP contribution is 2.17. The highest BCUT2D eigenvalue weighted by molar-refractivity contribution is 5.76. The molecular weight excluding hydrogens is 277 g/mol. The monoisotopic (exact) mass is 299 g/mol. The number of amides is 1. The maximum atomic E-state index is 12.8. The first-order valence-corrected chi connectivity index (χ1v) is 7.56. The Kier molecular flexibility index (Phi) is 5.31. The molecule has 0 spiro atoms. The summed E-state index contributed by atoms with van der Waals surface area (Å²) in [6.07, 6.45) is 1.02. The molecule has 1 atom stereocenters. The van der Waals surface area contributed by atoms with E-state index in [0.29, 0.717) is 12.8 Å². The van der Waals surface area contributed by atoms with Crippen molar-refractivity contribution in [1.82, 2.24) is 5.32 Å². The smallest absolute Gasteiger partial charge is 0.220 e. The summed E-state index contributed by atoms with van der Waals surface area (Å²) in [7, 11) is 0. The number of carbonyl (C=O) groups excluding carboxylic acids is 1. The molecule has 0 aliphatic heterocycles. The molecule has 0 bridgehead atoms. The molecule has 2 rings (SSSR count). The summed E-state index contributed by atoms with van der Waals surface area (Å²) in [6, 6.07) is 12.5. The molecule has 0 radical (unpaired) electrons. The van der Waals surface area contributed by atoms with Gasteiger partial charge in [0.2, 0.25) is 5.91 Å². The first-order chi connectivity index (χ1) is 10.5. The third-order valence-electron chi connectivity index (χ3n) is 3.96. The highest BCUT2D eigenvalue weighted by atomic mass is 19.1. The predicted molar refractivity (Wildman–Crippen MR) is 87.2 cm³/mol. The predicted octanol–water partition coefficient (Wildman–Crippen LogP) is 4.25. The molecule has 0 aromatic heterocycles. The maximum absolute atomic E-state index is 12.8. The van der Waals surface area contributed by atoms with E-state index in [4.69, 9.17) is 0 Å². The largest absolute Gasteiger partial charge is 0.350 e. The lowest BCUT2D eigenvalue weighted by Crippen LogP contribution is -2.26. The summed E-state index contributed by atoms with van der Waals surface area (Å²) in [4.78, 5) is 12.0. The average Bonchev–Trinajstić information content (AvgIpc) is 2.49. The molecule has 22 heavy (non-hydrogen) atoms. The average molecular weight is 299 g/mol. The number of nitrogens with one attached hydrogen (secondary N) is 1. The molecule has 0 aliphatic carbocycles. The lowest BCUT2D eigenvalue weighted by atomic mass is 10.0. The van der Waals surface area contributed by atoms with Crippen LogP contribution in [-0.4, -0.2) is 5.91 Å². The number of rotatable bonds is 5. The number of aryl methyl sites for hydroxylation is 3. The van der Waals surface area contributed by atoms with Crippen molar-refractivity contribution in [3.8, 4) is 0 Å². The summed E-state index contributed by atoms with van der Waals surface area (Å²) in [5.74, 6) is -0.244. The quantitative estimate of drug-likeness (QED) is 0.878. The molecule has 1 amide bonds. The first-order valence-electron chi connectivity index (χ1n) is 7.56. The SMILES string of the molecule is Cc1ccc(C(C)NC(=O)CCc2ccc(F)cc2)cc1C. The van der Waals surface area contributed by atoms with Gasteiger partial charge in [0.05, 0.1) is 6.04 Å². The van der Waals surface area contributed by atoms with Crippen molar-refractivity contribution in [2.45, 2.75) is 39.7 Å². The Balaban J connectivity index is 1.88. The van der Waals surface area contributed by atoms with Crippen LogP contribution in [-0.2, 0) is 11.2 Å². The number of carbonyl (C=O) groups is 1. The van der Waals surface area contributed by atoms with Crippen LogP contribution in [0.3, 0.4) is 0 Å².